The Labute approximate surface area is 136 Å². The fourth-order valence-corrected chi connectivity index (χ4v) is 3.27. The minimum Gasteiger partial charge on any atom is -0.489 e. The molecule has 1 saturated heterocycles. The molecule has 0 amide bonds. The second-order valence-corrected chi connectivity index (χ2v) is 5.86. The number of fused-ring (bicyclic) bond motifs is 1. The van der Waals surface area contributed by atoms with Crippen LogP contribution in [0.4, 0.5) is 0 Å². The van der Waals surface area contributed by atoms with E-state index < -0.39 is 0 Å². The molecule has 1 aromatic carbocycles. The summed E-state index contributed by atoms with van der Waals surface area (Å²) in [4.78, 5) is 2.43. The fourth-order valence-electron chi connectivity index (χ4n) is 2.98. The fraction of sp³-hybridized carbons (Fsp3) is 0.600. The van der Waals surface area contributed by atoms with Crippen molar-refractivity contribution in [2.24, 2.45) is 5.73 Å². The van der Waals surface area contributed by atoms with E-state index in [-0.39, 0.29) is 12.4 Å². The van der Waals surface area contributed by atoms with Crippen LogP contribution in [0.5, 0.6) is 11.5 Å². The van der Waals surface area contributed by atoms with Crippen LogP contribution in [0.3, 0.4) is 0 Å². The van der Waals surface area contributed by atoms with Gasteiger partial charge in [0.05, 0.1) is 18.2 Å². The highest BCUT2D eigenvalue weighted by atomic mass is 35.5. The van der Waals surface area contributed by atoms with Crippen molar-refractivity contribution in [1.29, 1.82) is 0 Å². The Kier molecular flexibility index (Phi) is 5.99. The second kappa shape index (κ2) is 7.54. The lowest BCUT2D eigenvalue weighted by atomic mass is 10.1. The second-order valence-electron chi connectivity index (χ2n) is 5.46. The molecule has 1 fully saturated rings. The van der Waals surface area contributed by atoms with Gasteiger partial charge in [-0.05, 0) is 37.1 Å². The van der Waals surface area contributed by atoms with E-state index in [1.165, 1.54) is 18.4 Å². The molecule has 4 nitrogen and oxygen atoms in total. The van der Waals surface area contributed by atoms with Crippen LogP contribution in [0.15, 0.2) is 12.1 Å². The third-order valence-corrected chi connectivity index (χ3v) is 4.30. The van der Waals surface area contributed by atoms with Crippen LogP contribution in [0.2, 0.25) is 5.02 Å². The molecule has 118 valence electrons. The average molecular weight is 333 g/mol. The molecule has 6 heteroatoms. The predicted molar refractivity (Wildman–Crippen MR) is 86.8 cm³/mol. The molecule has 0 spiro atoms. The molecule has 1 atom stereocenters. The van der Waals surface area contributed by atoms with Crippen molar-refractivity contribution in [1.82, 2.24) is 4.90 Å². The minimum absolute atomic E-state index is 0. The Morgan fingerprint density at radius 3 is 2.86 bits per heavy atom. The first kappa shape index (κ1) is 16.7. The topological polar surface area (TPSA) is 47.7 Å². The van der Waals surface area contributed by atoms with E-state index in [0.717, 1.165) is 31.8 Å². The number of nitrogens with zero attached hydrogens (tertiary/aromatic N) is 1. The van der Waals surface area contributed by atoms with Gasteiger partial charge in [-0.1, -0.05) is 11.6 Å². The first-order valence-corrected chi connectivity index (χ1v) is 7.68. The predicted octanol–water partition coefficient (Wildman–Crippen LogP) is 2.85. The first-order chi connectivity index (χ1) is 9.78. The van der Waals surface area contributed by atoms with Crippen molar-refractivity contribution in [3.63, 3.8) is 0 Å². The molecule has 0 radical (unpaired) electrons. The highest BCUT2D eigenvalue weighted by Gasteiger charge is 2.24. The average Bonchev–Trinajstić information content (AvgIpc) is 2.74. The van der Waals surface area contributed by atoms with Crippen LogP contribution in [-0.4, -0.2) is 37.2 Å². The molecule has 2 heterocycles. The minimum atomic E-state index is 0. The lowest BCUT2D eigenvalue weighted by Gasteiger charge is -2.23. The van der Waals surface area contributed by atoms with Crippen LogP contribution in [0, 0.1) is 0 Å². The van der Waals surface area contributed by atoms with Crippen LogP contribution >= 0.6 is 24.0 Å². The van der Waals surface area contributed by atoms with Gasteiger partial charge in [0.2, 0.25) is 0 Å². The van der Waals surface area contributed by atoms with Gasteiger partial charge in [-0.15, -0.1) is 12.4 Å². The lowest BCUT2D eigenvalue weighted by Crippen LogP contribution is -2.34. The number of hydrogen-bond acceptors (Lipinski definition) is 4. The van der Waals surface area contributed by atoms with Crippen LogP contribution in [0.25, 0.3) is 0 Å². The van der Waals surface area contributed by atoms with E-state index in [1.54, 1.807) is 0 Å². The zero-order chi connectivity index (χ0) is 13.9. The van der Waals surface area contributed by atoms with Gasteiger partial charge >= 0.3 is 0 Å². The van der Waals surface area contributed by atoms with Gasteiger partial charge in [-0.2, -0.15) is 0 Å². The molecule has 0 saturated carbocycles. The Morgan fingerprint density at radius 2 is 2.05 bits per heavy atom. The maximum atomic E-state index is 6.33. The normalized spacial score (nSPS) is 21.7. The summed E-state index contributed by atoms with van der Waals surface area (Å²) in [6.45, 7) is 4.04. The number of benzene rings is 1. The van der Waals surface area contributed by atoms with Gasteiger partial charge in [-0.3, -0.25) is 4.90 Å². The van der Waals surface area contributed by atoms with Crippen molar-refractivity contribution < 1.29 is 9.47 Å². The Morgan fingerprint density at radius 1 is 1.24 bits per heavy atom. The summed E-state index contributed by atoms with van der Waals surface area (Å²) in [6, 6.07) is 4.53. The van der Waals surface area contributed by atoms with E-state index in [4.69, 9.17) is 26.8 Å². The summed E-state index contributed by atoms with van der Waals surface area (Å²) >= 11 is 6.33. The number of likely N-dealkylation sites (tertiary alicyclic amines) is 1. The molecular weight excluding hydrogens is 311 g/mol. The van der Waals surface area contributed by atoms with Crippen molar-refractivity contribution in [2.75, 3.05) is 26.3 Å². The summed E-state index contributed by atoms with van der Waals surface area (Å²) in [6.07, 6.45) is 3.30. The summed E-state index contributed by atoms with van der Waals surface area (Å²) in [5, 5.41) is 0.642. The molecule has 0 bridgehead atoms. The number of hydrogen-bond donors (Lipinski definition) is 1. The largest absolute Gasteiger partial charge is 0.489 e. The molecular formula is C15H22Cl2N2O2. The molecule has 2 aliphatic heterocycles. The summed E-state index contributed by atoms with van der Waals surface area (Å²) < 4.78 is 11.4. The third kappa shape index (κ3) is 3.75. The molecule has 1 aromatic rings. The van der Waals surface area contributed by atoms with Gasteiger partial charge < -0.3 is 15.2 Å². The van der Waals surface area contributed by atoms with Crippen LogP contribution in [0.1, 0.15) is 24.8 Å². The molecule has 0 aromatic heterocycles. The zero-order valence-electron chi connectivity index (χ0n) is 12.0. The highest BCUT2D eigenvalue weighted by molar-refractivity contribution is 6.32. The summed E-state index contributed by atoms with van der Waals surface area (Å²) in [5.41, 5.74) is 6.99. The molecule has 2 N–H and O–H groups in total. The Balaban J connectivity index is 0.00000161. The van der Waals surface area contributed by atoms with Crippen molar-refractivity contribution in [2.45, 2.75) is 31.8 Å². The summed E-state index contributed by atoms with van der Waals surface area (Å²) in [7, 11) is 0. The Hall–Kier alpha value is -0.680. The molecule has 0 aliphatic carbocycles. The van der Waals surface area contributed by atoms with Crippen molar-refractivity contribution >= 4 is 24.0 Å². The maximum absolute atomic E-state index is 6.33. The molecule has 2 aliphatic rings. The van der Waals surface area contributed by atoms with E-state index >= 15 is 0 Å². The monoisotopic (exact) mass is 332 g/mol. The van der Waals surface area contributed by atoms with Crippen molar-refractivity contribution in [3.8, 4) is 11.5 Å². The number of nitrogens with two attached hydrogens (primary N) is 1. The molecule has 1 unspecified atom stereocenters. The van der Waals surface area contributed by atoms with Crippen LogP contribution < -0.4 is 15.2 Å². The quantitative estimate of drug-likeness (QED) is 0.924. The smallest absolute Gasteiger partial charge is 0.179 e. The van der Waals surface area contributed by atoms with Gasteiger partial charge in [0, 0.05) is 25.6 Å². The number of ether oxygens (including phenoxy) is 2. The van der Waals surface area contributed by atoms with Gasteiger partial charge in [0.25, 0.3) is 0 Å². The lowest BCUT2D eigenvalue weighted by molar-refractivity contribution is 0.249. The van der Waals surface area contributed by atoms with E-state index in [0.29, 0.717) is 30.0 Å². The third-order valence-electron chi connectivity index (χ3n) is 4.02. The number of rotatable bonds is 3. The number of halogens is 2. The first-order valence-electron chi connectivity index (χ1n) is 7.30. The van der Waals surface area contributed by atoms with E-state index in [1.807, 2.05) is 6.07 Å². The molecule has 3 rings (SSSR count). The highest BCUT2D eigenvalue weighted by Crippen LogP contribution is 2.38. The van der Waals surface area contributed by atoms with Gasteiger partial charge in [0.1, 0.15) is 0 Å². The standard InChI is InChI=1S/C15H21ClN2O2.ClH/c16-13-7-11(10-18-4-1-3-12(18)9-17)8-14-15(13)20-6-2-5-19-14;/h7-8,12H,1-6,9-10,17H2;1H. The van der Waals surface area contributed by atoms with Crippen LogP contribution in [-0.2, 0) is 6.54 Å². The van der Waals surface area contributed by atoms with E-state index in [2.05, 4.69) is 11.0 Å². The van der Waals surface area contributed by atoms with Gasteiger partial charge in [0.15, 0.2) is 11.5 Å². The summed E-state index contributed by atoms with van der Waals surface area (Å²) in [5.74, 6) is 1.46. The zero-order valence-corrected chi connectivity index (χ0v) is 13.6. The SMILES string of the molecule is Cl.NCC1CCCN1Cc1cc(Cl)c2c(c1)OCCCO2. The maximum Gasteiger partial charge on any atom is 0.179 e. The van der Waals surface area contributed by atoms with Crippen molar-refractivity contribution in [3.05, 3.63) is 22.7 Å². The Bertz CT molecular complexity index is 485. The molecule has 21 heavy (non-hydrogen) atoms. The van der Waals surface area contributed by atoms with E-state index in [9.17, 15) is 0 Å². The van der Waals surface area contributed by atoms with Gasteiger partial charge in [-0.25, -0.2) is 0 Å².